The Hall–Kier alpha value is -0.120. The molecule has 1 aliphatic heterocycles. The summed E-state index contributed by atoms with van der Waals surface area (Å²) in [5.74, 6) is 1.84. The minimum atomic E-state index is -0.321. The van der Waals surface area contributed by atoms with Crippen molar-refractivity contribution in [3.63, 3.8) is 0 Å². The SMILES string of the molecule is NCC(O)CN1CC2CCCC2C1. The molecule has 2 fully saturated rings. The summed E-state index contributed by atoms with van der Waals surface area (Å²) in [6.45, 7) is 3.57. The van der Waals surface area contributed by atoms with Crippen LogP contribution in [-0.2, 0) is 0 Å². The fourth-order valence-electron chi connectivity index (χ4n) is 2.85. The Morgan fingerprint density at radius 3 is 2.46 bits per heavy atom. The van der Waals surface area contributed by atoms with Crippen molar-refractivity contribution in [3.8, 4) is 0 Å². The van der Waals surface area contributed by atoms with Crippen LogP contribution in [0.15, 0.2) is 0 Å². The van der Waals surface area contributed by atoms with E-state index in [0.29, 0.717) is 6.54 Å². The molecule has 13 heavy (non-hydrogen) atoms. The number of rotatable bonds is 3. The third kappa shape index (κ3) is 2.03. The van der Waals surface area contributed by atoms with E-state index in [1.54, 1.807) is 0 Å². The maximum absolute atomic E-state index is 9.41. The molecule has 3 heteroatoms. The molecule has 1 heterocycles. The number of β-amino-alcohol motifs (C(OH)–C–C–N with tert-alkyl or cyclic N) is 1. The molecule has 1 saturated heterocycles. The van der Waals surface area contributed by atoms with Gasteiger partial charge in [0.25, 0.3) is 0 Å². The third-order valence-corrected chi connectivity index (χ3v) is 3.54. The second-order valence-corrected chi connectivity index (χ2v) is 4.56. The molecule has 0 bridgehead atoms. The van der Waals surface area contributed by atoms with Gasteiger partial charge in [-0.3, -0.25) is 0 Å². The van der Waals surface area contributed by atoms with E-state index in [9.17, 15) is 5.11 Å². The van der Waals surface area contributed by atoms with Gasteiger partial charge in [0.2, 0.25) is 0 Å². The van der Waals surface area contributed by atoms with Crippen LogP contribution in [0.2, 0.25) is 0 Å². The lowest BCUT2D eigenvalue weighted by Crippen LogP contribution is -2.35. The van der Waals surface area contributed by atoms with Gasteiger partial charge in [0, 0.05) is 26.2 Å². The summed E-state index contributed by atoms with van der Waals surface area (Å²) < 4.78 is 0. The van der Waals surface area contributed by atoms with Gasteiger partial charge in [-0.1, -0.05) is 6.42 Å². The Morgan fingerprint density at radius 1 is 1.31 bits per heavy atom. The fraction of sp³-hybridized carbons (Fsp3) is 1.00. The van der Waals surface area contributed by atoms with E-state index < -0.39 is 0 Å². The molecule has 0 aromatic carbocycles. The van der Waals surface area contributed by atoms with Gasteiger partial charge in [0.1, 0.15) is 0 Å². The van der Waals surface area contributed by atoms with E-state index in [-0.39, 0.29) is 6.10 Å². The Morgan fingerprint density at radius 2 is 1.92 bits per heavy atom. The predicted octanol–water partition coefficient (Wildman–Crippen LogP) is 0.0379. The molecule has 3 N–H and O–H groups in total. The first-order valence-electron chi connectivity index (χ1n) is 5.40. The van der Waals surface area contributed by atoms with Crippen LogP contribution in [-0.4, -0.2) is 42.3 Å². The largest absolute Gasteiger partial charge is 0.390 e. The van der Waals surface area contributed by atoms with E-state index in [1.165, 1.54) is 32.4 Å². The number of fused-ring (bicyclic) bond motifs is 1. The van der Waals surface area contributed by atoms with Crippen LogP contribution in [0.4, 0.5) is 0 Å². The minimum absolute atomic E-state index is 0.321. The van der Waals surface area contributed by atoms with Crippen molar-refractivity contribution in [2.24, 2.45) is 17.6 Å². The summed E-state index contributed by atoms with van der Waals surface area (Å²) in [7, 11) is 0. The first-order valence-corrected chi connectivity index (χ1v) is 5.40. The number of hydrogen-bond acceptors (Lipinski definition) is 3. The Labute approximate surface area is 79.9 Å². The third-order valence-electron chi connectivity index (χ3n) is 3.54. The normalized spacial score (nSPS) is 36.5. The smallest absolute Gasteiger partial charge is 0.0789 e. The van der Waals surface area contributed by atoms with Gasteiger partial charge in [-0.15, -0.1) is 0 Å². The van der Waals surface area contributed by atoms with Crippen molar-refractivity contribution in [1.29, 1.82) is 0 Å². The molecule has 1 aliphatic carbocycles. The summed E-state index contributed by atoms with van der Waals surface area (Å²) in [6.07, 6.45) is 3.90. The van der Waals surface area contributed by atoms with E-state index in [4.69, 9.17) is 5.73 Å². The molecule has 0 aromatic heterocycles. The van der Waals surface area contributed by atoms with Crippen molar-refractivity contribution >= 4 is 0 Å². The molecule has 2 rings (SSSR count). The molecule has 0 spiro atoms. The molecular weight excluding hydrogens is 164 g/mol. The maximum Gasteiger partial charge on any atom is 0.0789 e. The number of aliphatic hydroxyl groups excluding tert-OH is 1. The lowest BCUT2D eigenvalue weighted by Gasteiger charge is -2.19. The average molecular weight is 184 g/mol. The van der Waals surface area contributed by atoms with E-state index in [0.717, 1.165) is 18.4 Å². The second kappa shape index (κ2) is 3.95. The van der Waals surface area contributed by atoms with Crippen molar-refractivity contribution in [1.82, 2.24) is 4.90 Å². The molecule has 0 amide bonds. The van der Waals surface area contributed by atoms with Gasteiger partial charge in [-0.2, -0.15) is 0 Å². The standard InChI is InChI=1S/C10H20N2O/c11-4-10(13)7-12-5-8-2-1-3-9(8)6-12/h8-10,13H,1-7,11H2. The zero-order chi connectivity index (χ0) is 9.26. The Kier molecular flexibility index (Phi) is 2.86. The molecule has 0 radical (unpaired) electrons. The molecule has 3 unspecified atom stereocenters. The minimum Gasteiger partial charge on any atom is -0.390 e. The summed E-state index contributed by atoms with van der Waals surface area (Å²) in [6, 6.07) is 0. The predicted molar refractivity (Wildman–Crippen MR) is 52.3 cm³/mol. The molecule has 2 aliphatic rings. The average Bonchev–Trinajstić information content (AvgIpc) is 2.63. The van der Waals surface area contributed by atoms with E-state index in [2.05, 4.69) is 4.90 Å². The number of aliphatic hydroxyl groups is 1. The lowest BCUT2D eigenvalue weighted by atomic mass is 10.0. The van der Waals surface area contributed by atoms with Crippen molar-refractivity contribution in [2.75, 3.05) is 26.2 Å². The number of nitrogens with zero attached hydrogens (tertiary/aromatic N) is 1. The molecule has 1 saturated carbocycles. The highest BCUT2D eigenvalue weighted by atomic mass is 16.3. The van der Waals surface area contributed by atoms with Crippen LogP contribution >= 0.6 is 0 Å². The molecule has 0 aromatic rings. The van der Waals surface area contributed by atoms with Crippen LogP contribution in [0.25, 0.3) is 0 Å². The van der Waals surface area contributed by atoms with E-state index >= 15 is 0 Å². The van der Waals surface area contributed by atoms with Gasteiger partial charge >= 0.3 is 0 Å². The lowest BCUT2D eigenvalue weighted by molar-refractivity contribution is 0.127. The summed E-state index contributed by atoms with van der Waals surface area (Å²) in [4.78, 5) is 2.38. The fourth-order valence-corrected chi connectivity index (χ4v) is 2.85. The molecular formula is C10H20N2O. The van der Waals surface area contributed by atoms with Crippen molar-refractivity contribution < 1.29 is 5.11 Å². The van der Waals surface area contributed by atoms with Gasteiger partial charge in [-0.25, -0.2) is 0 Å². The number of nitrogens with two attached hydrogens (primary N) is 1. The van der Waals surface area contributed by atoms with Crippen LogP contribution in [0.3, 0.4) is 0 Å². The van der Waals surface area contributed by atoms with Crippen LogP contribution in [0.5, 0.6) is 0 Å². The maximum atomic E-state index is 9.41. The summed E-state index contributed by atoms with van der Waals surface area (Å²) in [5, 5.41) is 9.41. The van der Waals surface area contributed by atoms with Crippen LogP contribution in [0.1, 0.15) is 19.3 Å². The van der Waals surface area contributed by atoms with E-state index in [1.807, 2.05) is 0 Å². The Balaban J connectivity index is 1.78. The molecule has 3 atom stereocenters. The molecule has 3 nitrogen and oxygen atoms in total. The number of likely N-dealkylation sites (tertiary alicyclic amines) is 1. The van der Waals surface area contributed by atoms with Crippen molar-refractivity contribution in [2.45, 2.75) is 25.4 Å². The first-order chi connectivity index (χ1) is 6.29. The highest BCUT2D eigenvalue weighted by Gasteiger charge is 2.36. The quantitative estimate of drug-likeness (QED) is 0.651. The monoisotopic (exact) mass is 184 g/mol. The number of hydrogen-bond donors (Lipinski definition) is 2. The highest BCUT2D eigenvalue weighted by molar-refractivity contribution is 4.89. The van der Waals surface area contributed by atoms with Crippen LogP contribution in [0, 0.1) is 11.8 Å². The zero-order valence-electron chi connectivity index (χ0n) is 8.15. The molecule has 76 valence electrons. The second-order valence-electron chi connectivity index (χ2n) is 4.56. The zero-order valence-corrected chi connectivity index (χ0v) is 8.15. The van der Waals surface area contributed by atoms with Gasteiger partial charge in [-0.05, 0) is 24.7 Å². The van der Waals surface area contributed by atoms with Gasteiger partial charge in [0.05, 0.1) is 6.10 Å². The first kappa shape index (κ1) is 9.44. The summed E-state index contributed by atoms with van der Waals surface area (Å²) >= 11 is 0. The highest BCUT2D eigenvalue weighted by Crippen LogP contribution is 2.37. The topological polar surface area (TPSA) is 49.5 Å². The van der Waals surface area contributed by atoms with Crippen molar-refractivity contribution in [3.05, 3.63) is 0 Å². The van der Waals surface area contributed by atoms with Gasteiger partial charge in [0.15, 0.2) is 0 Å². The van der Waals surface area contributed by atoms with Gasteiger partial charge < -0.3 is 15.7 Å². The summed E-state index contributed by atoms with van der Waals surface area (Å²) in [5.41, 5.74) is 5.39. The Bertz CT molecular complexity index is 160. The van der Waals surface area contributed by atoms with Crippen LogP contribution < -0.4 is 5.73 Å².